The van der Waals surface area contributed by atoms with Crippen molar-refractivity contribution in [2.75, 3.05) is 0 Å². The van der Waals surface area contributed by atoms with Gasteiger partial charge < -0.3 is 8.83 Å². The van der Waals surface area contributed by atoms with Gasteiger partial charge in [-0.05, 0) is 61.6 Å². The minimum Gasteiger partial charge on any atom is -0.463 e. The van der Waals surface area contributed by atoms with Gasteiger partial charge in [-0.15, -0.1) is 0 Å². The van der Waals surface area contributed by atoms with E-state index in [2.05, 4.69) is 109 Å². The second-order valence-corrected chi connectivity index (χ2v) is 10.4. The molecule has 0 aliphatic rings. The van der Waals surface area contributed by atoms with Crippen LogP contribution in [0.25, 0.3) is 87.5 Å². The molecule has 0 N–H and O–H groups in total. The Hall–Kier alpha value is -5.34. The van der Waals surface area contributed by atoms with Crippen LogP contribution in [0.3, 0.4) is 0 Å². The van der Waals surface area contributed by atoms with Gasteiger partial charge in [0.2, 0.25) is 0 Å². The molecular weight excluding hydrogens is 488 g/mol. The van der Waals surface area contributed by atoms with Crippen molar-refractivity contribution >= 4 is 65.2 Å². The summed E-state index contributed by atoms with van der Waals surface area (Å²) in [5, 5.41) is 10.6. The van der Waals surface area contributed by atoms with E-state index in [4.69, 9.17) is 8.83 Å². The Morgan fingerprint density at radius 3 is 1.68 bits per heavy atom. The van der Waals surface area contributed by atoms with Crippen LogP contribution in [-0.4, -0.2) is 0 Å². The Balaban J connectivity index is 1.43. The molecule has 2 heteroatoms. The summed E-state index contributed by atoms with van der Waals surface area (Å²) in [6.07, 6.45) is 1.93. The van der Waals surface area contributed by atoms with Crippen LogP contribution >= 0.6 is 0 Å². The molecule has 0 saturated heterocycles. The molecule has 2 nitrogen and oxygen atoms in total. The molecule has 0 unspecified atom stereocenters. The lowest BCUT2D eigenvalue weighted by Gasteiger charge is -2.18. The molecule has 0 spiro atoms. The number of para-hydroxylation sites is 1. The third kappa shape index (κ3) is 2.88. The van der Waals surface area contributed by atoms with Gasteiger partial charge in [-0.3, -0.25) is 0 Å². The van der Waals surface area contributed by atoms with Gasteiger partial charge in [0.25, 0.3) is 0 Å². The highest BCUT2D eigenvalue weighted by Gasteiger charge is 2.22. The van der Waals surface area contributed by atoms with Gasteiger partial charge >= 0.3 is 0 Å². The highest BCUT2D eigenvalue weighted by atomic mass is 16.3. The van der Waals surface area contributed by atoms with Gasteiger partial charge in [0, 0.05) is 21.9 Å². The summed E-state index contributed by atoms with van der Waals surface area (Å²) in [4.78, 5) is 0. The fraction of sp³-hybridized carbons (Fsp3) is 0. The number of hydrogen-bond donors (Lipinski definition) is 0. The number of furan rings is 2. The van der Waals surface area contributed by atoms with Crippen molar-refractivity contribution in [2.24, 2.45) is 0 Å². The highest BCUT2D eigenvalue weighted by molar-refractivity contribution is 6.27. The predicted octanol–water partition coefficient (Wildman–Crippen LogP) is 11.1. The first-order chi connectivity index (χ1) is 19.9. The lowest BCUT2D eigenvalue weighted by Crippen LogP contribution is -1.91. The van der Waals surface area contributed by atoms with Crippen molar-refractivity contribution in [1.29, 1.82) is 0 Å². The van der Waals surface area contributed by atoms with E-state index < -0.39 is 0 Å². The van der Waals surface area contributed by atoms with E-state index >= 15 is 0 Å². The molecule has 0 aliphatic heterocycles. The molecule has 7 aromatic carbocycles. The SMILES string of the molecule is c1ccc2c(-c3c4ccccc4c(-c4coc5c4ccc4oc6ccccc6c45)c4ccccc34)cccc2c1. The van der Waals surface area contributed by atoms with Crippen molar-refractivity contribution in [1.82, 2.24) is 0 Å². The molecule has 0 bridgehead atoms. The van der Waals surface area contributed by atoms with Crippen LogP contribution in [0.4, 0.5) is 0 Å². The first-order valence-electron chi connectivity index (χ1n) is 13.6. The Morgan fingerprint density at radius 2 is 0.950 bits per heavy atom. The van der Waals surface area contributed by atoms with Crippen LogP contribution in [0.15, 0.2) is 142 Å². The summed E-state index contributed by atoms with van der Waals surface area (Å²) in [7, 11) is 0. The fourth-order valence-electron chi connectivity index (χ4n) is 6.65. The summed E-state index contributed by atoms with van der Waals surface area (Å²) in [5.74, 6) is 0. The van der Waals surface area contributed by atoms with Gasteiger partial charge in [-0.2, -0.15) is 0 Å². The number of rotatable bonds is 2. The topological polar surface area (TPSA) is 26.3 Å². The number of benzene rings is 7. The maximum absolute atomic E-state index is 6.39. The van der Waals surface area contributed by atoms with Crippen molar-refractivity contribution in [3.63, 3.8) is 0 Å². The predicted molar refractivity (Wildman–Crippen MR) is 167 cm³/mol. The first-order valence-corrected chi connectivity index (χ1v) is 13.6. The molecule has 40 heavy (non-hydrogen) atoms. The molecule has 2 aromatic heterocycles. The zero-order valence-electron chi connectivity index (χ0n) is 21.5. The van der Waals surface area contributed by atoms with Crippen molar-refractivity contribution in [2.45, 2.75) is 0 Å². The largest absolute Gasteiger partial charge is 0.463 e. The third-order valence-corrected chi connectivity index (χ3v) is 8.34. The van der Waals surface area contributed by atoms with E-state index in [1.54, 1.807) is 0 Å². The molecule has 9 aromatic rings. The van der Waals surface area contributed by atoms with Crippen LogP contribution < -0.4 is 0 Å². The Kier molecular flexibility index (Phi) is 4.36. The maximum Gasteiger partial charge on any atom is 0.146 e. The smallest absolute Gasteiger partial charge is 0.146 e. The molecule has 0 amide bonds. The fourth-order valence-corrected chi connectivity index (χ4v) is 6.65. The Bertz CT molecular complexity index is 2370. The lowest BCUT2D eigenvalue weighted by molar-refractivity contribution is 0.619. The minimum absolute atomic E-state index is 0.843. The van der Waals surface area contributed by atoms with E-state index in [9.17, 15) is 0 Å². The van der Waals surface area contributed by atoms with Crippen molar-refractivity contribution in [3.8, 4) is 22.3 Å². The van der Waals surface area contributed by atoms with Crippen molar-refractivity contribution in [3.05, 3.63) is 134 Å². The molecule has 0 fully saturated rings. The quantitative estimate of drug-likeness (QED) is 0.216. The Labute approximate surface area is 229 Å². The molecule has 0 saturated carbocycles. The van der Waals surface area contributed by atoms with E-state index in [1.165, 1.54) is 49.0 Å². The second-order valence-electron chi connectivity index (χ2n) is 10.4. The van der Waals surface area contributed by atoms with Crippen LogP contribution in [0.5, 0.6) is 0 Å². The number of hydrogen-bond acceptors (Lipinski definition) is 2. The van der Waals surface area contributed by atoms with E-state index in [0.29, 0.717) is 0 Å². The molecule has 0 atom stereocenters. The summed E-state index contributed by atoms with van der Waals surface area (Å²) in [6.45, 7) is 0. The minimum atomic E-state index is 0.843. The van der Waals surface area contributed by atoms with Crippen molar-refractivity contribution < 1.29 is 8.83 Å². The third-order valence-electron chi connectivity index (χ3n) is 8.34. The standard InChI is InChI=1S/C38H22O2/c1-2-12-24-23(10-1)11-9-18-25(24)35-26-13-3-5-15-28(26)36(29-16-6-4-14-27(29)35)32-22-39-38-30(32)20-21-34-37(38)31-17-7-8-19-33(31)40-34/h1-22H. The molecule has 0 radical (unpaired) electrons. The Morgan fingerprint density at radius 1 is 0.375 bits per heavy atom. The first kappa shape index (κ1) is 21.6. The molecule has 2 heterocycles. The zero-order valence-corrected chi connectivity index (χ0v) is 21.5. The van der Waals surface area contributed by atoms with Crippen LogP contribution in [0.2, 0.25) is 0 Å². The van der Waals surface area contributed by atoms with E-state index in [-0.39, 0.29) is 0 Å². The zero-order chi connectivity index (χ0) is 26.2. The van der Waals surface area contributed by atoms with Crippen LogP contribution in [-0.2, 0) is 0 Å². The molecular formula is C38H22O2. The second kappa shape index (κ2) is 8.08. The average molecular weight is 511 g/mol. The lowest BCUT2D eigenvalue weighted by atomic mass is 9.84. The molecule has 0 aliphatic carbocycles. The van der Waals surface area contributed by atoms with E-state index in [0.717, 1.165) is 38.5 Å². The summed E-state index contributed by atoms with van der Waals surface area (Å²) in [6, 6.07) is 45.2. The molecule has 9 rings (SSSR count). The van der Waals surface area contributed by atoms with Gasteiger partial charge in [-0.25, -0.2) is 0 Å². The molecule has 186 valence electrons. The number of fused-ring (bicyclic) bond motifs is 8. The summed E-state index contributed by atoms with van der Waals surface area (Å²) >= 11 is 0. The average Bonchev–Trinajstić information content (AvgIpc) is 3.61. The normalized spacial score (nSPS) is 12.0. The van der Waals surface area contributed by atoms with Gasteiger partial charge in [0.05, 0.1) is 11.6 Å². The van der Waals surface area contributed by atoms with Gasteiger partial charge in [0.15, 0.2) is 0 Å². The monoisotopic (exact) mass is 510 g/mol. The maximum atomic E-state index is 6.39. The van der Waals surface area contributed by atoms with E-state index in [1.807, 2.05) is 24.5 Å². The highest BCUT2D eigenvalue weighted by Crippen LogP contribution is 2.48. The summed E-state index contributed by atoms with van der Waals surface area (Å²) in [5.41, 5.74) is 7.39. The van der Waals surface area contributed by atoms with Gasteiger partial charge in [0.1, 0.15) is 16.7 Å². The van der Waals surface area contributed by atoms with Gasteiger partial charge in [-0.1, -0.05) is 109 Å². The summed E-state index contributed by atoms with van der Waals surface area (Å²) < 4.78 is 12.5. The van der Waals surface area contributed by atoms with Crippen LogP contribution in [0.1, 0.15) is 0 Å². The van der Waals surface area contributed by atoms with Crippen LogP contribution in [0, 0.1) is 0 Å².